The number of aryl methyl sites for hydroxylation is 1. The summed E-state index contributed by atoms with van der Waals surface area (Å²) in [5.74, 6) is -0.968. The summed E-state index contributed by atoms with van der Waals surface area (Å²) in [6.45, 7) is 1.73. The van der Waals surface area contributed by atoms with Crippen LogP contribution in [-0.2, 0) is 0 Å². The minimum atomic E-state index is -0.599. The molecule has 0 aliphatic rings. The van der Waals surface area contributed by atoms with Crippen LogP contribution in [-0.4, -0.2) is 32.1 Å². The molecule has 4 aromatic rings. The van der Waals surface area contributed by atoms with Gasteiger partial charge in [-0.05, 0) is 37.3 Å². The Labute approximate surface area is 174 Å². The number of benzene rings is 2. The fourth-order valence-electron chi connectivity index (χ4n) is 2.91. The molecule has 0 aliphatic heterocycles. The number of nitrogens with zero attached hydrogens (tertiary/aromatic N) is 4. The molecule has 0 saturated heterocycles. The van der Waals surface area contributed by atoms with E-state index in [9.17, 15) is 14.0 Å². The molecule has 0 radical (unpaired) electrons. The monoisotopic (exact) mass is 424 g/mol. The molecule has 150 valence electrons. The van der Waals surface area contributed by atoms with Crippen molar-refractivity contribution in [1.82, 2.24) is 25.4 Å². The van der Waals surface area contributed by atoms with E-state index in [-0.39, 0.29) is 22.2 Å². The molecule has 0 spiro atoms. The van der Waals surface area contributed by atoms with Crippen LogP contribution in [0.4, 0.5) is 4.39 Å². The van der Waals surface area contributed by atoms with Crippen LogP contribution < -0.4 is 11.0 Å². The van der Waals surface area contributed by atoms with E-state index in [1.54, 1.807) is 43.3 Å². The van der Waals surface area contributed by atoms with Crippen molar-refractivity contribution in [2.24, 2.45) is 5.10 Å². The first-order valence-corrected chi connectivity index (χ1v) is 9.15. The van der Waals surface area contributed by atoms with Gasteiger partial charge in [0, 0.05) is 5.39 Å². The Kier molecular flexibility index (Phi) is 5.11. The van der Waals surface area contributed by atoms with Gasteiger partial charge in [0.05, 0.1) is 28.5 Å². The van der Waals surface area contributed by atoms with Crippen LogP contribution in [0.2, 0.25) is 5.15 Å². The molecule has 0 atom stereocenters. The van der Waals surface area contributed by atoms with Gasteiger partial charge < -0.3 is 0 Å². The van der Waals surface area contributed by atoms with E-state index in [0.717, 1.165) is 0 Å². The maximum atomic E-state index is 13.1. The van der Waals surface area contributed by atoms with Crippen LogP contribution in [0, 0.1) is 12.7 Å². The molecule has 30 heavy (non-hydrogen) atoms. The normalized spacial score (nSPS) is 11.3. The van der Waals surface area contributed by atoms with Crippen molar-refractivity contribution >= 4 is 34.5 Å². The van der Waals surface area contributed by atoms with Gasteiger partial charge in [0.1, 0.15) is 11.0 Å². The number of carbonyl (C=O) groups excluding carboxylic acids is 1. The Bertz CT molecular complexity index is 1340. The maximum absolute atomic E-state index is 13.1. The van der Waals surface area contributed by atoms with Gasteiger partial charge in [-0.3, -0.25) is 9.59 Å². The van der Waals surface area contributed by atoms with E-state index >= 15 is 0 Å². The predicted octanol–water partition coefficient (Wildman–Crippen LogP) is 2.97. The first kappa shape index (κ1) is 19.5. The Morgan fingerprint density at radius 1 is 1.20 bits per heavy atom. The lowest BCUT2D eigenvalue weighted by Crippen LogP contribution is -2.22. The van der Waals surface area contributed by atoms with Crippen molar-refractivity contribution in [3.05, 3.63) is 86.8 Å². The first-order chi connectivity index (χ1) is 14.5. The van der Waals surface area contributed by atoms with Crippen molar-refractivity contribution in [3.8, 4) is 5.69 Å². The van der Waals surface area contributed by atoms with Crippen LogP contribution in [0.1, 0.15) is 21.7 Å². The zero-order valence-corrected chi connectivity index (χ0v) is 16.3. The molecule has 2 heterocycles. The molecule has 2 aromatic carbocycles. The fraction of sp³-hybridized carbons (Fsp3) is 0.0500. The standard InChI is InChI=1S/C20H14ClFN6O2/c1-11-16(18(21)28(27-11)13-8-6-12(22)7-9-13)10-23-25-20(30)17-14-4-2-3-5-15(14)19(29)26-24-17/h2-10H,1H3,(H,25,30)(H,26,29)/b23-10+. The van der Waals surface area contributed by atoms with Gasteiger partial charge in [0.2, 0.25) is 0 Å². The molecule has 0 bridgehead atoms. The van der Waals surface area contributed by atoms with E-state index < -0.39 is 5.91 Å². The first-order valence-electron chi connectivity index (χ1n) is 8.77. The third-order valence-corrected chi connectivity index (χ3v) is 4.75. The van der Waals surface area contributed by atoms with Gasteiger partial charge in [-0.25, -0.2) is 19.6 Å². The largest absolute Gasteiger partial charge is 0.292 e. The lowest BCUT2D eigenvalue weighted by Gasteiger charge is -2.03. The van der Waals surface area contributed by atoms with Crippen molar-refractivity contribution < 1.29 is 9.18 Å². The lowest BCUT2D eigenvalue weighted by atomic mass is 10.1. The number of hydrogen-bond donors (Lipinski definition) is 2. The Balaban J connectivity index is 1.58. The predicted molar refractivity (Wildman–Crippen MR) is 111 cm³/mol. The second kappa shape index (κ2) is 7.88. The van der Waals surface area contributed by atoms with Gasteiger partial charge in [-0.2, -0.15) is 15.3 Å². The average Bonchev–Trinajstić information content (AvgIpc) is 3.03. The summed E-state index contributed by atoms with van der Waals surface area (Å²) in [6, 6.07) is 12.3. The van der Waals surface area contributed by atoms with E-state index in [0.29, 0.717) is 27.7 Å². The molecule has 0 saturated carbocycles. The van der Waals surface area contributed by atoms with Gasteiger partial charge >= 0.3 is 0 Å². The van der Waals surface area contributed by atoms with Crippen LogP contribution in [0.15, 0.2) is 58.4 Å². The smallest absolute Gasteiger partial charge is 0.267 e. The molecule has 0 unspecified atom stereocenters. The number of fused-ring (bicyclic) bond motifs is 1. The second-order valence-corrected chi connectivity index (χ2v) is 6.68. The van der Waals surface area contributed by atoms with Crippen molar-refractivity contribution in [3.63, 3.8) is 0 Å². The zero-order chi connectivity index (χ0) is 21.3. The van der Waals surface area contributed by atoms with Gasteiger partial charge in [0.25, 0.3) is 11.5 Å². The number of aromatic amines is 1. The molecule has 2 N–H and O–H groups in total. The zero-order valence-electron chi connectivity index (χ0n) is 15.6. The lowest BCUT2D eigenvalue weighted by molar-refractivity contribution is 0.0951. The Hall–Kier alpha value is -3.85. The number of nitrogens with one attached hydrogen (secondary N) is 2. The number of halogens is 2. The minimum Gasteiger partial charge on any atom is -0.267 e. The molecule has 2 aromatic heterocycles. The molecule has 1 amide bonds. The summed E-state index contributed by atoms with van der Waals surface area (Å²) in [4.78, 5) is 24.3. The third-order valence-electron chi connectivity index (χ3n) is 4.39. The highest BCUT2D eigenvalue weighted by Crippen LogP contribution is 2.22. The van der Waals surface area contributed by atoms with Crippen LogP contribution in [0.25, 0.3) is 16.5 Å². The fourth-order valence-corrected chi connectivity index (χ4v) is 3.23. The third kappa shape index (κ3) is 3.58. The van der Waals surface area contributed by atoms with E-state index in [1.165, 1.54) is 23.0 Å². The SMILES string of the molecule is Cc1nn(-c2ccc(F)cc2)c(Cl)c1/C=N/NC(=O)c1n[nH]c(=O)c2ccccc12. The number of amides is 1. The summed E-state index contributed by atoms with van der Waals surface area (Å²) in [6.07, 6.45) is 1.36. The summed E-state index contributed by atoms with van der Waals surface area (Å²) in [7, 11) is 0. The van der Waals surface area contributed by atoms with E-state index in [1.807, 2.05) is 0 Å². The van der Waals surface area contributed by atoms with Crippen LogP contribution in [0.5, 0.6) is 0 Å². The summed E-state index contributed by atoms with van der Waals surface area (Å²) in [5, 5.41) is 15.4. The van der Waals surface area contributed by atoms with Crippen molar-refractivity contribution in [2.75, 3.05) is 0 Å². The van der Waals surface area contributed by atoms with Gasteiger partial charge in [0.15, 0.2) is 5.69 Å². The number of aromatic nitrogens is 4. The summed E-state index contributed by atoms with van der Waals surface area (Å²) >= 11 is 6.38. The number of carbonyl (C=O) groups is 1. The molecule has 8 nitrogen and oxygen atoms in total. The van der Waals surface area contributed by atoms with Gasteiger partial charge in [-0.1, -0.05) is 29.8 Å². The maximum Gasteiger partial charge on any atom is 0.292 e. The van der Waals surface area contributed by atoms with Crippen LogP contribution >= 0.6 is 11.6 Å². The quantitative estimate of drug-likeness (QED) is 0.388. The van der Waals surface area contributed by atoms with Crippen molar-refractivity contribution in [1.29, 1.82) is 0 Å². The highest BCUT2D eigenvalue weighted by atomic mass is 35.5. The molecular formula is C20H14ClFN6O2. The molecular weight excluding hydrogens is 411 g/mol. The molecule has 4 rings (SSSR count). The van der Waals surface area contributed by atoms with Gasteiger partial charge in [-0.15, -0.1) is 0 Å². The highest BCUT2D eigenvalue weighted by molar-refractivity contribution is 6.32. The number of hydrogen-bond acceptors (Lipinski definition) is 5. The minimum absolute atomic E-state index is 0.0344. The number of rotatable bonds is 4. The summed E-state index contributed by atoms with van der Waals surface area (Å²) in [5.41, 5.74) is 3.65. The topological polar surface area (TPSA) is 105 Å². The Morgan fingerprint density at radius 2 is 1.90 bits per heavy atom. The van der Waals surface area contributed by atoms with Crippen molar-refractivity contribution in [2.45, 2.75) is 6.92 Å². The van der Waals surface area contributed by atoms with Crippen LogP contribution in [0.3, 0.4) is 0 Å². The Morgan fingerprint density at radius 3 is 2.63 bits per heavy atom. The van der Waals surface area contributed by atoms with E-state index in [4.69, 9.17) is 11.6 Å². The molecule has 10 heteroatoms. The van der Waals surface area contributed by atoms with E-state index in [2.05, 4.69) is 25.8 Å². The average molecular weight is 425 g/mol. The number of hydrazone groups is 1. The highest BCUT2D eigenvalue weighted by Gasteiger charge is 2.15. The number of H-pyrrole nitrogens is 1. The molecule has 0 aliphatic carbocycles. The second-order valence-electron chi connectivity index (χ2n) is 6.32. The summed E-state index contributed by atoms with van der Waals surface area (Å²) < 4.78 is 14.6. The molecule has 0 fully saturated rings.